The van der Waals surface area contributed by atoms with Crippen LogP contribution in [-0.2, 0) is 4.79 Å². The van der Waals surface area contributed by atoms with Crippen LogP contribution in [0.4, 0.5) is 8.78 Å². The van der Waals surface area contributed by atoms with Gasteiger partial charge in [-0.05, 0) is 0 Å². The molecule has 0 fully saturated rings. The fraction of sp³-hybridized carbons (Fsp3) is 0.500. The Labute approximate surface area is 81.5 Å². The Morgan fingerprint density at radius 1 is 1.57 bits per heavy atom. The van der Waals surface area contributed by atoms with Gasteiger partial charge in [0.15, 0.2) is 0 Å². The maximum absolute atomic E-state index is 11.9. The van der Waals surface area contributed by atoms with Gasteiger partial charge in [0, 0.05) is 5.75 Å². The highest BCUT2D eigenvalue weighted by Crippen LogP contribution is 2.22. The molecule has 0 radical (unpaired) electrons. The summed E-state index contributed by atoms with van der Waals surface area (Å²) in [5.74, 6) is -1.51. The highest BCUT2D eigenvalue weighted by molar-refractivity contribution is 7.99. The van der Waals surface area contributed by atoms with Gasteiger partial charge in [0.25, 0.3) is 11.1 Å². The molecule has 1 aromatic heterocycles. The number of alkyl halides is 2. The largest absolute Gasteiger partial charge is 0.481 e. The van der Waals surface area contributed by atoms with Crippen LogP contribution in [0, 0.1) is 0 Å². The molecule has 5 nitrogen and oxygen atoms in total. The van der Waals surface area contributed by atoms with Gasteiger partial charge in [0.1, 0.15) is 0 Å². The Bertz CT molecular complexity index is 318. The van der Waals surface area contributed by atoms with Crippen LogP contribution in [0.25, 0.3) is 0 Å². The van der Waals surface area contributed by atoms with Crippen LogP contribution in [-0.4, -0.2) is 27.0 Å². The molecule has 8 heteroatoms. The molecule has 0 aliphatic heterocycles. The zero-order chi connectivity index (χ0) is 10.6. The Morgan fingerprint density at radius 3 is 2.79 bits per heavy atom. The molecular weight excluding hydrogens is 218 g/mol. The Hall–Kier alpha value is -1.18. The van der Waals surface area contributed by atoms with E-state index in [4.69, 9.17) is 5.11 Å². The van der Waals surface area contributed by atoms with E-state index in [2.05, 4.69) is 14.6 Å². The molecule has 1 aromatic rings. The van der Waals surface area contributed by atoms with Gasteiger partial charge in [-0.1, -0.05) is 11.8 Å². The number of carboxylic acid groups (broad SMARTS) is 1. The molecule has 0 amide bonds. The van der Waals surface area contributed by atoms with Gasteiger partial charge in [0.05, 0.1) is 6.42 Å². The topological polar surface area (TPSA) is 76.2 Å². The minimum absolute atomic E-state index is 0.0402. The van der Waals surface area contributed by atoms with E-state index in [1.807, 2.05) is 0 Å². The molecule has 1 heterocycles. The van der Waals surface area contributed by atoms with Gasteiger partial charge in [-0.3, -0.25) is 4.79 Å². The first-order valence-corrected chi connectivity index (χ1v) is 4.54. The van der Waals surface area contributed by atoms with Crippen LogP contribution in [0.3, 0.4) is 0 Å². The monoisotopic (exact) mass is 224 g/mol. The number of halogens is 2. The van der Waals surface area contributed by atoms with Gasteiger partial charge in [-0.25, -0.2) is 0 Å². The maximum Gasteiger partial charge on any atom is 0.314 e. The molecule has 78 valence electrons. The number of aliphatic carboxylic acids is 1. The first kappa shape index (κ1) is 10.9. The van der Waals surface area contributed by atoms with E-state index in [1.165, 1.54) is 0 Å². The van der Waals surface area contributed by atoms with Crippen molar-refractivity contribution in [3.8, 4) is 0 Å². The molecule has 0 aromatic carbocycles. The Kier molecular flexibility index (Phi) is 3.81. The number of aromatic nitrogens is 2. The molecule has 14 heavy (non-hydrogen) atoms. The third kappa shape index (κ3) is 3.29. The van der Waals surface area contributed by atoms with Crippen LogP contribution in [0.15, 0.2) is 9.64 Å². The van der Waals surface area contributed by atoms with E-state index in [9.17, 15) is 13.6 Å². The first-order chi connectivity index (χ1) is 6.59. The second kappa shape index (κ2) is 4.89. The highest BCUT2D eigenvalue weighted by Gasteiger charge is 2.16. The van der Waals surface area contributed by atoms with Crippen molar-refractivity contribution in [3.63, 3.8) is 0 Å². The SMILES string of the molecule is O=C(O)CCSc1nnc(C(F)F)o1. The number of hydrogen-bond donors (Lipinski definition) is 1. The zero-order valence-electron chi connectivity index (χ0n) is 6.81. The average Bonchev–Trinajstić information content (AvgIpc) is 2.52. The van der Waals surface area contributed by atoms with Crippen LogP contribution in [0.5, 0.6) is 0 Å². The normalized spacial score (nSPS) is 10.8. The summed E-state index contributed by atoms with van der Waals surface area (Å²) >= 11 is 0.933. The second-order valence-electron chi connectivity index (χ2n) is 2.20. The molecule has 0 aliphatic rings. The predicted octanol–water partition coefficient (Wildman–Crippen LogP) is 1.57. The number of carboxylic acids is 1. The quantitative estimate of drug-likeness (QED) is 0.765. The molecule has 0 bridgehead atoms. The lowest BCUT2D eigenvalue weighted by Crippen LogP contribution is -1.95. The summed E-state index contributed by atoms with van der Waals surface area (Å²) in [6, 6.07) is 0. The fourth-order valence-electron chi connectivity index (χ4n) is 0.593. The van der Waals surface area contributed by atoms with Crippen molar-refractivity contribution in [1.29, 1.82) is 0 Å². The summed E-state index contributed by atoms with van der Waals surface area (Å²) in [6.45, 7) is 0. The predicted molar refractivity (Wildman–Crippen MR) is 42.2 cm³/mol. The van der Waals surface area contributed by atoms with Gasteiger partial charge < -0.3 is 9.52 Å². The van der Waals surface area contributed by atoms with Crippen molar-refractivity contribution in [2.24, 2.45) is 0 Å². The highest BCUT2D eigenvalue weighted by atomic mass is 32.2. The molecular formula is C6H6F2N2O3S. The van der Waals surface area contributed by atoms with Crippen molar-refractivity contribution in [3.05, 3.63) is 5.89 Å². The first-order valence-electron chi connectivity index (χ1n) is 3.55. The summed E-state index contributed by atoms with van der Waals surface area (Å²) in [5, 5.41) is 14.6. The zero-order valence-corrected chi connectivity index (χ0v) is 7.63. The van der Waals surface area contributed by atoms with Gasteiger partial charge in [-0.15, -0.1) is 10.2 Å². The number of thioether (sulfide) groups is 1. The lowest BCUT2D eigenvalue weighted by molar-refractivity contribution is -0.136. The van der Waals surface area contributed by atoms with Gasteiger partial charge in [-0.2, -0.15) is 8.78 Å². The van der Waals surface area contributed by atoms with Crippen molar-refractivity contribution >= 4 is 17.7 Å². The van der Waals surface area contributed by atoms with E-state index in [1.54, 1.807) is 0 Å². The molecule has 1 rings (SSSR count). The third-order valence-corrected chi connectivity index (χ3v) is 1.97. The van der Waals surface area contributed by atoms with E-state index >= 15 is 0 Å². The second-order valence-corrected chi connectivity index (χ2v) is 3.25. The van der Waals surface area contributed by atoms with E-state index < -0.39 is 18.3 Å². The number of rotatable bonds is 5. The van der Waals surface area contributed by atoms with Crippen molar-refractivity contribution < 1.29 is 23.1 Å². The number of hydrogen-bond acceptors (Lipinski definition) is 5. The van der Waals surface area contributed by atoms with Crippen LogP contribution in [0.2, 0.25) is 0 Å². The summed E-state index contributed by atoms with van der Waals surface area (Å²) in [5.41, 5.74) is 0. The average molecular weight is 224 g/mol. The minimum Gasteiger partial charge on any atom is -0.481 e. The van der Waals surface area contributed by atoms with E-state index in [-0.39, 0.29) is 17.4 Å². The van der Waals surface area contributed by atoms with E-state index in [0.29, 0.717) is 0 Å². The van der Waals surface area contributed by atoms with Gasteiger partial charge >= 0.3 is 12.4 Å². The van der Waals surface area contributed by atoms with Gasteiger partial charge in [0.2, 0.25) is 0 Å². The lowest BCUT2D eigenvalue weighted by Gasteiger charge is -1.91. The lowest BCUT2D eigenvalue weighted by atomic mass is 10.5. The van der Waals surface area contributed by atoms with Crippen molar-refractivity contribution in [2.75, 3.05) is 5.75 Å². The van der Waals surface area contributed by atoms with E-state index in [0.717, 1.165) is 11.8 Å². The molecule has 0 atom stereocenters. The molecule has 0 saturated carbocycles. The van der Waals surface area contributed by atoms with Crippen molar-refractivity contribution in [1.82, 2.24) is 10.2 Å². The molecule has 0 spiro atoms. The number of nitrogens with zero attached hydrogens (tertiary/aromatic N) is 2. The standard InChI is InChI=1S/C6H6F2N2O3S/c7-4(8)5-9-10-6(13-5)14-2-1-3(11)12/h4H,1-2H2,(H,11,12). The Morgan fingerprint density at radius 2 is 2.29 bits per heavy atom. The molecule has 0 unspecified atom stereocenters. The third-order valence-electron chi connectivity index (χ3n) is 1.15. The fourth-order valence-corrected chi connectivity index (χ4v) is 1.29. The smallest absolute Gasteiger partial charge is 0.314 e. The van der Waals surface area contributed by atoms with Crippen LogP contribution in [0.1, 0.15) is 18.7 Å². The summed E-state index contributed by atoms with van der Waals surface area (Å²) in [7, 11) is 0. The van der Waals surface area contributed by atoms with Crippen LogP contribution >= 0.6 is 11.8 Å². The maximum atomic E-state index is 11.9. The van der Waals surface area contributed by atoms with Crippen molar-refractivity contribution in [2.45, 2.75) is 18.1 Å². The Balaban J connectivity index is 2.40. The summed E-state index contributed by atoms with van der Waals surface area (Å²) in [6.07, 6.45) is -2.88. The molecule has 1 N–H and O–H groups in total. The molecule has 0 saturated heterocycles. The minimum atomic E-state index is -2.80. The summed E-state index contributed by atoms with van der Waals surface area (Å²) in [4.78, 5) is 10.1. The molecule has 0 aliphatic carbocycles. The summed E-state index contributed by atoms with van der Waals surface area (Å²) < 4.78 is 28.4. The van der Waals surface area contributed by atoms with Crippen LogP contribution < -0.4 is 0 Å². The number of carbonyl (C=O) groups is 1.